The van der Waals surface area contributed by atoms with Crippen LogP contribution < -0.4 is 4.74 Å². The summed E-state index contributed by atoms with van der Waals surface area (Å²) in [6.07, 6.45) is 0. The molecule has 4 rings (SSSR count). The predicted molar refractivity (Wildman–Crippen MR) is 96.0 cm³/mol. The van der Waals surface area contributed by atoms with Gasteiger partial charge in [0, 0.05) is 38.3 Å². The maximum atomic E-state index is 12.6. The van der Waals surface area contributed by atoms with E-state index in [9.17, 15) is 4.79 Å². The molecule has 1 aliphatic rings. The van der Waals surface area contributed by atoms with Gasteiger partial charge in [0.1, 0.15) is 16.8 Å². The van der Waals surface area contributed by atoms with Crippen molar-refractivity contribution in [3.8, 4) is 5.75 Å². The number of aromatic nitrogens is 2. The van der Waals surface area contributed by atoms with E-state index in [0.717, 1.165) is 49.5 Å². The molecule has 3 aromatic rings. The van der Waals surface area contributed by atoms with Crippen LogP contribution in [0.1, 0.15) is 15.9 Å². The van der Waals surface area contributed by atoms with Crippen molar-refractivity contribution in [2.24, 2.45) is 0 Å². The van der Waals surface area contributed by atoms with Crippen LogP contribution in [0, 0.1) is 0 Å². The first kappa shape index (κ1) is 16.5. The Balaban J connectivity index is 1.34. The molecule has 7 nitrogen and oxygen atoms in total. The highest BCUT2D eigenvalue weighted by atomic mass is 16.6. The molecule has 7 heteroatoms. The fraction of sp³-hybridized carbons (Fsp3) is 0.316. The van der Waals surface area contributed by atoms with Gasteiger partial charge in [-0.2, -0.15) is 0 Å². The normalized spacial score (nSPS) is 15.3. The van der Waals surface area contributed by atoms with E-state index in [1.54, 1.807) is 7.11 Å². The van der Waals surface area contributed by atoms with Crippen LogP contribution in [0.4, 0.5) is 0 Å². The van der Waals surface area contributed by atoms with Crippen LogP contribution in [-0.2, 0) is 6.54 Å². The SMILES string of the molecule is COc1ccc(C(=O)N2CCN(Cc3ccc4nonc4c3)CC2)cc1. The van der Waals surface area contributed by atoms with Crippen molar-refractivity contribution in [2.45, 2.75) is 6.54 Å². The zero-order chi connectivity index (χ0) is 17.9. The number of ether oxygens (including phenoxy) is 1. The van der Waals surface area contributed by atoms with Gasteiger partial charge in [0.2, 0.25) is 0 Å². The van der Waals surface area contributed by atoms with Crippen molar-refractivity contribution in [1.29, 1.82) is 0 Å². The van der Waals surface area contributed by atoms with Crippen LogP contribution in [0.5, 0.6) is 5.75 Å². The molecular weight excluding hydrogens is 332 g/mol. The number of hydrogen-bond donors (Lipinski definition) is 0. The molecule has 0 atom stereocenters. The topological polar surface area (TPSA) is 71.7 Å². The van der Waals surface area contributed by atoms with Gasteiger partial charge in [0.15, 0.2) is 0 Å². The molecule has 0 aliphatic carbocycles. The van der Waals surface area contributed by atoms with E-state index >= 15 is 0 Å². The maximum Gasteiger partial charge on any atom is 0.253 e. The second-order valence-corrected chi connectivity index (χ2v) is 6.38. The van der Waals surface area contributed by atoms with Crippen LogP contribution >= 0.6 is 0 Å². The first-order chi connectivity index (χ1) is 12.7. The van der Waals surface area contributed by atoms with Crippen molar-refractivity contribution in [2.75, 3.05) is 33.3 Å². The van der Waals surface area contributed by atoms with E-state index < -0.39 is 0 Å². The summed E-state index contributed by atoms with van der Waals surface area (Å²) in [5.74, 6) is 0.827. The Kier molecular flexibility index (Phi) is 4.53. The van der Waals surface area contributed by atoms with Crippen LogP contribution in [0.3, 0.4) is 0 Å². The van der Waals surface area contributed by atoms with Crippen molar-refractivity contribution in [3.05, 3.63) is 53.6 Å². The Morgan fingerprint density at radius 2 is 1.77 bits per heavy atom. The third-order valence-corrected chi connectivity index (χ3v) is 4.72. The summed E-state index contributed by atoms with van der Waals surface area (Å²) >= 11 is 0. The van der Waals surface area contributed by atoms with Crippen molar-refractivity contribution < 1.29 is 14.2 Å². The highest BCUT2D eigenvalue weighted by Crippen LogP contribution is 2.17. The molecule has 2 aromatic carbocycles. The molecular formula is C19H20N4O3. The lowest BCUT2D eigenvalue weighted by atomic mass is 10.1. The van der Waals surface area contributed by atoms with Gasteiger partial charge in [0.25, 0.3) is 5.91 Å². The molecule has 1 amide bonds. The number of carbonyl (C=O) groups excluding carboxylic acids is 1. The third kappa shape index (κ3) is 3.39. The van der Waals surface area contributed by atoms with E-state index in [1.165, 1.54) is 5.56 Å². The van der Waals surface area contributed by atoms with E-state index in [1.807, 2.05) is 47.4 Å². The van der Waals surface area contributed by atoms with Crippen molar-refractivity contribution in [1.82, 2.24) is 20.1 Å². The minimum Gasteiger partial charge on any atom is -0.497 e. The van der Waals surface area contributed by atoms with E-state index in [0.29, 0.717) is 5.56 Å². The fourth-order valence-electron chi connectivity index (χ4n) is 3.21. The van der Waals surface area contributed by atoms with Gasteiger partial charge >= 0.3 is 0 Å². The summed E-state index contributed by atoms with van der Waals surface area (Å²) < 4.78 is 9.88. The van der Waals surface area contributed by atoms with E-state index in [4.69, 9.17) is 9.37 Å². The maximum absolute atomic E-state index is 12.6. The second kappa shape index (κ2) is 7.13. The summed E-state index contributed by atoms with van der Waals surface area (Å²) in [6.45, 7) is 3.96. The number of hydrogen-bond acceptors (Lipinski definition) is 6. The predicted octanol–water partition coefficient (Wildman–Crippen LogP) is 2.19. The minimum atomic E-state index is 0.0717. The molecule has 1 aromatic heterocycles. The summed E-state index contributed by atoms with van der Waals surface area (Å²) in [4.78, 5) is 16.9. The number of methoxy groups -OCH3 is 1. The van der Waals surface area contributed by atoms with Crippen LogP contribution in [-0.4, -0.2) is 59.3 Å². The van der Waals surface area contributed by atoms with E-state index in [-0.39, 0.29) is 5.91 Å². The van der Waals surface area contributed by atoms with Gasteiger partial charge in [-0.15, -0.1) is 0 Å². The average Bonchev–Trinajstić information content (AvgIpc) is 3.16. The van der Waals surface area contributed by atoms with Gasteiger partial charge in [-0.25, -0.2) is 4.63 Å². The zero-order valence-electron chi connectivity index (χ0n) is 14.6. The Morgan fingerprint density at radius 1 is 1.04 bits per heavy atom. The Morgan fingerprint density at radius 3 is 2.50 bits per heavy atom. The molecule has 134 valence electrons. The molecule has 0 saturated carbocycles. The number of piperazine rings is 1. The number of amides is 1. The molecule has 2 heterocycles. The lowest BCUT2D eigenvalue weighted by molar-refractivity contribution is 0.0628. The first-order valence-electron chi connectivity index (χ1n) is 8.60. The molecule has 1 saturated heterocycles. The molecule has 0 bridgehead atoms. The zero-order valence-corrected chi connectivity index (χ0v) is 14.6. The van der Waals surface area contributed by atoms with Gasteiger partial charge < -0.3 is 9.64 Å². The number of fused-ring (bicyclic) bond motifs is 1. The lowest BCUT2D eigenvalue weighted by Crippen LogP contribution is -2.48. The van der Waals surface area contributed by atoms with Crippen LogP contribution in [0.2, 0.25) is 0 Å². The van der Waals surface area contributed by atoms with E-state index in [2.05, 4.69) is 15.2 Å². The van der Waals surface area contributed by atoms with Gasteiger partial charge in [0.05, 0.1) is 7.11 Å². The molecule has 0 unspecified atom stereocenters. The molecule has 0 spiro atoms. The van der Waals surface area contributed by atoms with Crippen molar-refractivity contribution in [3.63, 3.8) is 0 Å². The smallest absolute Gasteiger partial charge is 0.253 e. The highest BCUT2D eigenvalue weighted by Gasteiger charge is 2.22. The van der Waals surface area contributed by atoms with Crippen LogP contribution in [0.15, 0.2) is 47.1 Å². The Labute approximate surface area is 151 Å². The van der Waals surface area contributed by atoms with Crippen molar-refractivity contribution >= 4 is 16.9 Å². The molecule has 0 N–H and O–H groups in total. The number of nitrogens with zero attached hydrogens (tertiary/aromatic N) is 4. The molecule has 1 aliphatic heterocycles. The number of rotatable bonds is 4. The average molecular weight is 352 g/mol. The third-order valence-electron chi connectivity index (χ3n) is 4.72. The fourth-order valence-corrected chi connectivity index (χ4v) is 3.21. The highest BCUT2D eigenvalue weighted by molar-refractivity contribution is 5.94. The Hall–Kier alpha value is -2.93. The lowest BCUT2D eigenvalue weighted by Gasteiger charge is -2.34. The minimum absolute atomic E-state index is 0.0717. The second-order valence-electron chi connectivity index (χ2n) is 6.38. The molecule has 1 fully saturated rings. The quantitative estimate of drug-likeness (QED) is 0.717. The summed E-state index contributed by atoms with van der Waals surface area (Å²) in [7, 11) is 1.62. The standard InChI is InChI=1S/C19H20N4O3/c1-25-16-5-3-15(4-6-16)19(24)23-10-8-22(9-11-23)13-14-2-7-17-18(12-14)21-26-20-17/h2-7,12H,8-11,13H2,1H3. The van der Waals surface area contributed by atoms with Gasteiger partial charge in [-0.3, -0.25) is 9.69 Å². The summed E-state index contributed by atoms with van der Waals surface area (Å²) in [5.41, 5.74) is 3.41. The molecule has 0 radical (unpaired) electrons. The summed E-state index contributed by atoms with van der Waals surface area (Å²) in [5, 5.41) is 7.71. The number of benzene rings is 2. The Bertz CT molecular complexity index is 899. The first-order valence-corrected chi connectivity index (χ1v) is 8.60. The number of carbonyl (C=O) groups is 1. The summed E-state index contributed by atoms with van der Waals surface area (Å²) in [6, 6.07) is 13.2. The monoisotopic (exact) mass is 352 g/mol. The van der Waals surface area contributed by atoms with Crippen LogP contribution in [0.25, 0.3) is 11.0 Å². The molecule has 26 heavy (non-hydrogen) atoms. The largest absolute Gasteiger partial charge is 0.497 e. The van der Waals surface area contributed by atoms with Gasteiger partial charge in [-0.05, 0) is 52.3 Å². The van der Waals surface area contributed by atoms with Gasteiger partial charge in [-0.1, -0.05) is 6.07 Å².